The van der Waals surface area contributed by atoms with Crippen LogP contribution in [0.4, 0.5) is 0 Å². The van der Waals surface area contributed by atoms with Crippen molar-refractivity contribution in [3.8, 4) is 11.5 Å². The highest BCUT2D eigenvalue weighted by Gasteiger charge is 2.28. The van der Waals surface area contributed by atoms with E-state index in [1.165, 1.54) is 22.5 Å². The zero-order valence-corrected chi connectivity index (χ0v) is 18.6. The van der Waals surface area contributed by atoms with Gasteiger partial charge < -0.3 is 14.8 Å². The second-order valence-electron chi connectivity index (χ2n) is 7.67. The van der Waals surface area contributed by atoms with Gasteiger partial charge in [0.25, 0.3) is 5.91 Å². The summed E-state index contributed by atoms with van der Waals surface area (Å²) in [6.07, 6.45) is 3.33. The third-order valence-corrected chi connectivity index (χ3v) is 7.81. The highest BCUT2D eigenvalue weighted by atomic mass is 35.5. The van der Waals surface area contributed by atoms with E-state index in [0.29, 0.717) is 31.2 Å². The van der Waals surface area contributed by atoms with E-state index in [1.807, 2.05) is 24.3 Å². The SMILES string of the molecule is O=C(NC[C@H]1COc2ccccc2O1)c1ccc(Cl)c(S(=O)(=O)N2CCCCCC2)c1. The van der Waals surface area contributed by atoms with Crippen LogP contribution in [0, 0.1) is 0 Å². The third kappa shape index (κ3) is 4.97. The molecule has 2 aliphatic rings. The first-order chi connectivity index (χ1) is 14.9. The minimum atomic E-state index is -3.76. The van der Waals surface area contributed by atoms with Crippen LogP contribution in [0.5, 0.6) is 11.5 Å². The lowest BCUT2D eigenvalue weighted by Gasteiger charge is -2.26. The molecule has 1 fully saturated rings. The maximum atomic E-state index is 13.1. The molecule has 1 saturated heterocycles. The van der Waals surface area contributed by atoms with E-state index < -0.39 is 15.9 Å². The first-order valence-corrected chi connectivity index (χ1v) is 12.2. The van der Waals surface area contributed by atoms with Crippen LogP contribution < -0.4 is 14.8 Å². The average Bonchev–Trinajstić information content (AvgIpc) is 3.08. The van der Waals surface area contributed by atoms with Crippen LogP contribution in [0.2, 0.25) is 5.02 Å². The monoisotopic (exact) mass is 464 g/mol. The lowest BCUT2D eigenvalue weighted by molar-refractivity contribution is 0.0789. The van der Waals surface area contributed by atoms with Gasteiger partial charge in [0.15, 0.2) is 11.5 Å². The number of amides is 1. The van der Waals surface area contributed by atoms with Crippen molar-refractivity contribution in [3.05, 3.63) is 53.1 Å². The second-order valence-corrected chi connectivity index (χ2v) is 9.98. The summed E-state index contributed by atoms with van der Waals surface area (Å²) in [5.41, 5.74) is 0.231. The molecular weight excluding hydrogens is 440 g/mol. The largest absolute Gasteiger partial charge is 0.486 e. The van der Waals surface area contributed by atoms with Gasteiger partial charge in [-0.2, -0.15) is 4.31 Å². The maximum Gasteiger partial charge on any atom is 0.251 e. The molecule has 0 unspecified atom stereocenters. The van der Waals surface area contributed by atoms with Crippen molar-refractivity contribution in [2.24, 2.45) is 0 Å². The molecule has 0 saturated carbocycles. The molecule has 1 N–H and O–H groups in total. The number of nitrogens with zero attached hydrogens (tertiary/aromatic N) is 1. The van der Waals surface area contributed by atoms with Crippen molar-refractivity contribution in [2.45, 2.75) is 36.7 Å². The standard InChI is InChI=1S/C22H25ClN2O5S/c23-18-10-9-16(13-21(18)31(27,28)25-11-5-1-2-6-12-25)22(26)24-14-17-15-29-19-7-3-4-8-20(19)30-17/h3-4,7-10,13,17H,1-2,5-6,11-12,14-15H2,(H,24,26)/t17-/m0/s1. The first kappa shape index (κ1) is 21.9. The van der Waals surface area contributed by atoms with Gasteiger partial charge in [0.05, 0.1) is 11.6 Å². The fourth-order valence-electron chi connectivity index (χ4n) is 3.74. The van der Waals surface area contributed by atoms with E-state index in [2.05, 4.69) is 5.32 Å². The molecule has 166 valence electrons. The molecule has 2 aliphatic heterocycles. The Morgan fingerprint density at radius 3 is 2.52 bits per heavy atom. The van der Waals surface area contributed by atoms with E-state index in [9.17, 15) is 13.2 Å². The maximum absolute atomic E-state index is 13.1. The molecule has 0 aliphatic carbocycles. The normalized spacial score (nSPS) is 19.5. The lowest BCUT2D eigenvalue weighted by atomic mass is 10.2. The molecule has 2 aromatic carbocycles. The molecule has 0 spiro atoms. The molecule has 9 heteroatoms. The lowest BCUT2D eigenvalue weighted by Crippen LogP contribution is -2.40. The summed E-state index contributed by atoms with van der Waals surface area (Å²) in [7, 11) is -3.76. The van der Waals surface area contributed by atoms with E-state index in [0.717, 1.165) is 25.7 Å². The summed E-state index contributed by atoms with van der Waals surface area (Å²) in [6, 6.07) is 11.7. The van der Waals surface area contributed by atoms with Gasteiger partial charge in [-0.25, -0.2) is 8.42 Å². The van der Waals surface area contributed by atoms with Crippen molar-refractivity contribution >= 4 is 27.5 Å². The number of fused-ring (bicyclic) bond motifs is 1. The molecule has 7 nitrogen and oxygen atoms in total. The van der Waals surface area contributed by atoms with Crippen LogP contribution in [0.1, 0.15) is 36.0 Å². The topological polar surface area (TPSA) is 84.9 Å². The van der Waals surface area contributed by atoms with Gasteiger partial charge in [-0.1, -0.05) is 36.6 Å². The van der Waals surface area contributed by atoms with Crippen LogP contribution in [0.3, 0.4) is 0 Å². The van der Waals surface area contributed by atoms with Crippen molar-refractivity contribution in [3.63, 3.8) is 0 Å². The number of halogens is 1. The Morgan fingerprint density at radius 2 is 1.77 bits per heavy atom. The van der Waals surface area contributed by atoms with Crippen molar-refractivity contribution in [1.82, 2.24) is 9.62 Å². The molecule has 0 radical (unpaired) electrons. The molecule has 2 heterocycles. The fourth-order valence-corrected chi connectivity index (χ4v) is 5.75. The zero-order valence-electron chi connectivity index (χ0n) is 17.1. The van der Waals surface area contributed by atoms with Crippen molar-refractivity contribution in [2.75, 3.05) is 26.2 Å². The number of sulfonamides is 1. The number of carbonyl (C=O) groups excluding carboxylic acids is 1. The third-order valence-electron chi connectivity index (χ3n) is 5.43. The molecular formula is C22H25ClN2O5S. The van der Waals surface area contributed by atoms with E-state index >= 15 is 0 Å². The van der Waals surface area contributed by atoms with E-state index in [1.54, 1.807) is 0 Å². The molecule has 1 atom stereocenters. The summed E-state index contributed by atoms with van der Waals surface area (Å²) < 4.78 is 39.2. The fraction of sp³-hybridized carbons (Fsp3) is 0.409. The molecule has 31 heavy (non-hydrogen) atoms. The number of carbonyl (C=O) groups is 1. The molecule has 2 aromatic rings. The molecule has 4 rings (SSSR count). The highest BCUT2D eigenvalue weighted by molar-refractivity contribution is 7.89. The van der Waals surface area contributed by atoms with Crippen LogP contribution >= 0.6 is 11.6 Å². The van der Waals surface area contributed by atoms with Crippen LogP contribution in [-0.2, 0) is 10.0 Å². The van der Waals surface area contributed by atoms with Gasteiger partial charge in [-0.15, -0.1) is 0 Å². The van der Waals surface area contributed by atoms with Gasteiger partial charge in [0, 0.05) is 18.7 Å². The number of hydrogen-bond acceptors (Lipinski definition) is 5. The van der Waals surface area contributed by atoms with Gasteiger partial charge in [-0.3, -0.25) is 4.79 Å². The van der Waals surface area contributed by atoms with Gasteiger partial charge in [0.1, 0.15) is 17.6 Å². The summed E-state index contributed by atoms with van der Waals surface area (Å²) in [5, 5.41) is 2.90. The smallest absolute Gasteiger partial charge is 0.251 e. The molecule has 0 aromatic heterocycles. The Balaban J connectivity index is 1.44. The number of nitrogens with one attached hydrogen (secondary N) is 1. The minimum Gasteiger partial charge on any atom is -0.486 e. The van der Waals surface area contributed by atoms with Crippen LogP contribution in [-0.4, -0.2) is 51.0 Å². The minimum absolute atomic E-state index is 0.0325. The quantitative estimate of drug-likeness (QED) is 0.732. The Labute approximate surface area is 187 Å². The van der Waals surface area contributed by atoms with Gasteiger partial charge >= 0.3 is 0 Å². The second kappa shape index (κ2) is 9.46. The number of para-hydroxylation sites is 2. The average molecular weight is 465 g/mol. The summed E-state index contributed by atoms with van der Waals surface area (Å²) >= 11 is 6.22. The summed E-state index contributed by atoms with van der Waals surface area (Å²) in [5.74, 6) is 0.905. The van der Waals surface area contributed by atoms with Crippen molar-refractivity contribution < 1.29 is 22.7 Å². The highest BCUT2D eigenvalue weighted by Crippen LogP contribution is 2.31. The summed E-state index contributed by atoms with van der Waals surface area (Å²) in [4.78, 5) is 12.7. The number of ether oxygens (including phenoxy) is 2. The predicted octanol–water partition coefficient (Wildman–Crippen LogP) is 3.47. The van der Waals surface area contributed by atoms with E-state index in [4.69, 9.17) is 21.1 Å². The van der Waals surface area contributed by atoms with Crippen LogP contribution in [0.25, 0.3) is 0 Å². The first-order valence-electron chi connectivity index (χ1n) is 10.4. The van der Waals surface area contributed by atoms with Crippen LogP contribution in [0.15, 0.2) is 47.4 Å². The van der Waals surface area contributed by atoms with E-state index in [-0.39, 0.29) is 28.1 Å². The number of hydrogen-bond donors (Lipinski definition) is 1. The number of rotatable bonds is 5. The van der Waals surface area contributed by atoms with Gasteiger partial charge in [-0.05, 0) is 43.2 Å². The Kier molecular flexibility index (Phi) is 6.69. The predicted molar refractivity (Wildman–Crippen MR) is 117 cm³/mol. The Morgan fingerprint density at radius 1 is 1.06 bits per heavy atom. The Hall–Kier alpha value is -2.29. The number of benzene rings is 2. The van der Waals surface area contributed by atoms with Crippen molar-refractivity contribution in [1.29, 1.82) is 0 Å². The Bertz CT molecular complexity index is 1050. The molecule has 1 amide bonds. The molecule has 0 bridgehead atoms. The summed E-state index contributed by atoms with van der Waals surface area (Å²) in [6.45, 7) is 1.47. The van der Waals surface area contributed by atoms with Gasteiger partial charge in [0.2, 0.25) is 10.0 Å². The zero-order chi connectivity index (χ0) is 21.8.